The van der Waals surface area contributed by atoms with E-state index in [1.54, 1.807) is 0 Å². The average molecular weight is 350 g/mol. The average Bonchev–Trinajstić information content (AvgIpc) is 2.53. The Morgan fingerprint density at radius 3 is 1.54 bits per heavy atom. The monoisotopic (exact) mass is 350 g/mol. The first-order chi connectivity index (χ1) is 11.0. The van der Waals surface area contributed by atoms with Gasteiger partial charge in [-0.25, -0.2) is 4.39 Å². The van der Waals surface area contributed by atoms with Crippen molar-refractivity contribution < 1.29 is 36.6 Å². The van der Waals surface area contributed by atoms with E-state index < -0.39 is 35.2 Å². The van der Waals surface area contributed by atoms with Crippen LogP contribution < -0.4 is 0 Å². The lowest BCUT2D eigenvalue weighted by Crippen LogP contribution is -2.53. The van der Waals surface area contributed by atoms with E-state index in [-0.39, 0.29) is 5.56 Å². The van der Waals surface area contributed by atoms with Crippen molar-refractivity contribution in [1.82, 2.24) is 0 Å². The first-order valence-corrected chi connectivity index (χ1v) is 6.67. The van der Waals surface area contributed by atoms with Gasteiger partial charge in [-0.2, -0.15) is 22.0 Å². The van der Waals surface area contributed by atoms with E-state index in [4.69, 9.17) is 10.2 Å². The number of alkyl halides is 6. The van der Waals surface area contributed by atoms with Gasteiger partial charge in [0, 0.05) is 16.7 Å². The second kappa shape index (κ2) is 6.10. The number of benzene rings is 2. The molecule has 2 aromatic rings. The van der Waals surface area contributed by atoms with Crippen LogP contribution >= 0.6 is 0 Å². The van der Waals surface area contributed by atoms with Crippen LogP contribution in [0.4, 0.5) is 26.3 Å². The second-order valence-corrected chi connectivity index (χ2v) is 5.09. The van der Waals surface area contributed by atoms with Crippen molar-refractivity contribution in [3.05, 3.63) is 71.3 Å². The highest BCUT2D eigenvalue weighted by atomic mass is 19.4. The third kappa shape index (κ3) is 2.87. The zero-order valence-corrected chi connectivity index (χ0v) is 11.9. The third-order valence-corrected chi connectivity index (χ3v) is 3.57. The van der Waals surface area contributed by atoms with Gasteiger partial charge >= 0.3 is 12.1 Å². The van der Waals surface area contributed by atoms with Crippen LogP contribution in [0.15, 0.2) is 54.6 Å². The highest BCUT2D eigenvalue weighted by Crippen LogP contribution is 2.54. The number of halogens is 6. The molecule has 0 saturated carbocycles. The van der Waals surface area contributed by atoms with Gasteiger partial charge in [0.15, 0.2) is 6.29 Å². The Bertz CT molecular complexity index is 682. The molecule has 0 spiro atoms. The molecule has 2 N–H and O–H groups in total. The predicted octanol–water partition coefficient (Wildman–Crippen LogP) is 4.08. The lowest BCUT2D eigenvalue weighted by atomic mass is 9.82. The Balaban J connectivity index is 2.68. The van der Waals surface area contributed by atoms with Gasteiger partial charge in [-0.1, -0.05) is 54.6 Å². The number of rotatable bonds is 4. The molecule has 0 amide bonds. The maximum atomic E-state index is 15.3. The number of aliphatic hydroxyl groups is 2. The molecular formula is C16H12F6O2. The van der Waals surface area contributed by atoms with Crippen LogP contribution in [0.5, 0.6) is 0 Å². The van der Waals surface area contributed by atoms with Gasteiger partial charge in [0.25, 0.3) is 0 Å². The number of aliphatic hydroxyl groups excluding tert-OH is 1. The minimum atomic E-state index is -6.13. The van der Waals surface area contributed by atoms with E-state index in [1.165, 1.54) is 6.07 Å². The van der Waals surface area contributed by atoms with Crippen LogP contribution in [0.1, 0.15) is 23.0 Å². The number of hydrogen-bond acceptors (Lipinski definition) is 2. The molecule has 0 aliphatic heterocycles. The van der Waals surface area contributed by atoms with E-state index >= 15 is 4.39 Å². The van der Waals surface area contributed by atoms with Crippen molar-refractivity contribution in [2.45, 2.75) is 24.1 Å². The highest BCUT2D eigenvalue weighted by Gasteiger charge is 2.72. The molecule has 0 bridgehead atoms. The Morgan fingerprint density at radius 1 is 0.667 bits per heavy atom. The van der Waals surface area contributed by atoms with Crippen molar-refractivity contribution in [3.8, 4) is 0 Å². The normalized spacial score (nSPS) is 15.4. The summed E-state index contributed by atoms with van der Waals surface area (Å²) in [6.45, 7) is 0. The van der Waals surface area contributed by atoms with Crippen LogP contribution in [0.25, 0.3) is 0 Å². The quantitative estimate of drug-likeness (QED) is 0.644. The molecule has 24 heavy (non-hydrogen) atoms. The number of hydrogen-bond donors (Lipinski definition) is 2. The molecule has 0 aliphatic rings. The van der Waals surface area contributed by atoms with Gasteiger partial charge in [0.1, 0.15) is 0 Å². The van der Waals surface area contributed by atoms with Gasteiger partial charge in [-0.3, -0.25) is 0 Å². The summed E-state index contributed by atoms with van der Waals surface area (Å²) >= 11 is 0. The summed E-state index contributed by atoms with van der Waals surface area (Å²) in [5.41, 5.74) is -6.18. The lowest BCUT2D eigenvalue weighted by molar-refractivity contribution is -0.323. The van der Waals surface area contributed by atoms with Crippen LogP contribution in [0.2, 0.25) is 0 Å². The first kappa shape index (κ1) is 18.3. The van der Waals surface area contributed by atoms with Gasteiger partial charge < -0.3 is 10.2 Å². The second-order valence-electron chi connectivity index (χ2n) is 5.09. The fourth-order valence-electron chi connectivity index (χ4n) is 2.28. The van der Waals surface area contributed by atoms with Crippen LogP contribution in [-0.4, -0.2) is 22.3 Å². The van der Waals surface area contributed by atoms with Gasteiger partial charge in [0.05, 0.1) is 0 Å². The molecule has 0 heterocycles. The van der Waals surface area contributed by atoms with Crippen molar-refractivity contribution >= 4 is 0 Å². The predicted molar refractivity (Wildman–Crippen MR) is 73.0 cm³/mol. The maximum Gasteiger partial charge on any atom is 0.457 e. The fraction of sp³-hybridized carbons (Fsp3) is 0.250. The summed E-state index contributed by atoms with van der Waals surface area (Å²) in [6, 6.07) is 8.35. The first-order valence-electron chi connectivity index (χ1n) is 6.67. The Morgan fingerprint density at radius 2 is 1.12 bits per heavy atom. The molecule has 130 valence electrons. The molecule has 0 saturated heterocycles. The molecule has 0 fully saturated rings. The molecule has 2 rings (SSSR count). The topological polar surface area (TPSA) is 40.5 Å². The van der Waals surface area contributed by atoms with E-state index in [0.29, 0.717) is 12.1 Å². The summed E-state index contributed by atoms with van der Waals surface area (Å²) in [5, 5.41) is 17.9. The van der Waals surface area contributed by atoms with E-state index in [1.807, 2.05) is 0 Å². The molecule has 1 atom stereocenters. The zero-order chi connectivity index (χ0) is 18.2. The molecule has 8 heteroatoms. The van der Waals surface area contributed by atoms with Crippen molar-refractivity contribution in [1.29, 1.82) is 0 Å². The minimum absolute atomic E-state index is 0.176. The molecule has 0 radical (unpaired) electrons. The molecule has 2 aromatic carbocycles. The van der Waals surface area contributed by atoms with Gasteiger partial charge in [-0.05, 0) is 0 Å². The molecule has 0 aliphatic carbocycles. The summed E-state index contributed by atoms with van der Waals surface area (Å²) in [4.78, 5) is 0. The maximum absolute atomic E-state index is 15.3. The van der Waals surface area contributed by atoms with Gasteiger partial charge in [-0.15, -0.1) is 0 Å². The minimum Gasteiger partial charge on any atom is -0.364 e. The Labute approximate surface area is 133 Å². The van der Waals surface area contributed by atoms with E-state index in [9.17, 15) is 22.0 Å². The van der Waals surface area contributed by atoms with Crippen LogP contribution in [-0.2, 0) is 5.67 Å². The lowest BCUT2D eigenvalue weighted by Gasteiger charge is -2.35. The fourth-order valence-corrected chi connectivity index (χ4v) is 2.28. The van der Waals surface area contributed by atoms with E-state index in [0.717, 1.165) is 36.4 Å². The van der Waals surface area contributed by atoms with Crippen molar-refractivity contribution in [2.24, 2.45) is 0 Å². The summed E-state index contributed by atoms with van der Waals surface area (Å²) in [6.07, 6.45) is -8.10. The molecule has 0 aromatic heterocycles. The molecular weight excluding hydrogens is 338 g/mol. The summed E-state index contributed by atoms with van der Waals surface area (Å²) in [7, 11) is 0. The Hall–Kier alpha value is -2.06. The largest absolute Gasteiger partial charge is 0.457 e. The molecule has 1 unspecified atom stereocenters. The summed E-state index contributed by atoms with van der Waals surface area (Å²) < 4.78 is 81.8. The van der Waals surface area contributed by atoms with Crippen LogP contribution in [0, 0.1) is 0 Å². The van der Waals surface area contributed by atoms with Gasteiger partial charge in [0.2, 0.25) is 5.67 Å². The smallest absolute Gasteiger partial charge is 0.364 e. The Kier molecular flexibility index (Phi) is 4.65. The summed E-state index contributed by atoms with van der Waals surface area (Å²) in [5.74, 6) is -5.71. The highest BCUT2D eigenvalue weighted by molar-refractivity contribution is 5.41. The van der Waals surface area contributed by atoms with Crippen LogP contribution in [0.3, 0.4) is 0 Å². The van der Waals surface area contributed by atoms with Crippen molar-refractivity contribution in [3.63, 3.8) is 0 Å². The standard InChI is InChI=1S/C16H12F6O2/c17-14(11-4-2-1-3-5-11,15(18,19)16(20,21)22)12-8-6-10(7-9-12)13(23)24/h1-9,13,23-24H. The zero-order valence-electron chi connectivity index (χ0n) is 11.9. The third-order valence-electron chi connectivity index (χ3n) is 3.57. The SMILES string of the molecule is OC(O)c1ccc(C(F)(c2ccccc2)C(F)(F)C(F)(F)F)cc1. The van der Waals surface area contributed by atoms with Crippen molar-refractivity contribution in [2.75, 3.05) is 0 Å². The molecule has 2 nitrogen and oxygen atoms in total. The van der Waals surface area contributed by atoms with E-state index in [2.05, 4.69) is 0 Å².